The van der Waals surface area contributed by atoms with Crippen LogP contribution in [0.15, 0.2) is 11.5 Å². The normalized spacial score (nSPS) is 12.4. The van der Waals surface area contributed by atoms with Crippen molar-refractivity contribution in [2.75, 3.05) is 19.5 Å². The maximum Gasteiger partial charge on any atom is 0.326 e. The summed E-state index contributed by atoms with van der Waals surface area (Å²) in [6.07, 6.45) is 1.56. The highest BCUT2D eigenvalue weighted by Crippen LogP contribution is 2.14. The van der Waals surface area contributed by atoms with Crippen molar-refractivity contribution < 1.29 is 19.4 Å². The standard InChI is InChI=1S/C12H20N4O4S/c1-8(2)10(11(18)19)14-9(17)6-21-12-15-13-7-16(12)4-5-20-3/h7-8,10H,4-6H2,1-3H3,(H,14,17)(H,18,19)/t10-/m1/s1. The van der Waals surface area contributed by atoms with Crippen LogP contribution in [0.3, 0.4) is 0 Å². The third kappa shape index (κ3) is 5.72. The highest BCUT2D eigenvalue weighted by Gasteiger charge is 2.23. The SMILES string of the molecule is COCCn1cnnc1SCC(=O)N[C@@H](C(=O)O)C(C)C. The fourth-order valence-corrected chi connectivity index (χ4v) is 2.31. The molecule has 0 spiro atoms. The van der Waals surface area contributed by atoms with Gasteiger partial charge in [-0.3, -0.25) is 4.79 Å². The fourth-order valence-electron chi connectivity index (χ4n) is 1.56. The van der Waals surface area contributed by atoms with Gasteiger partial charge in [-0.25, -0.2) is 4.79 Å². The Morgan fingerprint density at radius 2 is 2.24 bits per heavy atom. The van der Waals surface area contributed by atoms with Crippen molar-refractivity contribution in [1.29, 1.82) is 0 Å². The van der Waals surface area contributed by atoms with Crippen molar-refractivity contribution in [2.45, 2.75) is 31.6 Å². The Morgan fingerprint density at radius 3 is 2.81 bits per heavy atom. The predicted octanol–water partition coefficient (Wildman–Crippen LogP) is 0.242. The van der Waals surface area contributed by atoms with E-state index in [1.807, 2.05) is 0 Å². The minimum absolute atomic E-state index is 0.0855. The average molecular weight is 316 g/mol. The number of carbonyl (C=O) groups excluding carboxylic acids is 1. The lowest BCUT2D eigenvalue weighted by molar-refractivity contribution is -0.142. The molecule has 1 aromatic rings. The highest BCUT2D eigenvalue weighted by molar-refractivity contribution is 7.99. The monoisotopic (exact) mass is 316 g/mol. The first-order chi connectivity index (χ1) is 9.95. The summed E-state index contributed by atoms with van der Waals surface area (Å²) in [6.45, 7) is 4.60. The van der Waals surface area contributed by atoms with Crippen LogP contribution >= 0.6 is 11.8 Å². The molecule has 118 valence electrons. The van der Waals surface area contributed by atoms with E-state index in [0.717, 1.165) is 0 Å². The van der Waals surface area contributed by atoms with E-state index in [0.29, 0.717) is 18.3 Å². The number of nitrogens with zero attached hydrogens (tertiary/aromatic N) is 3. The van der Waals surface area contributed by atoms with Gasteiger partial charge in [-0.05, 0) is 5.92 Å². The van der Waals surface area contributed by atoms with Crippen molar-refractivity contribution in [3.05, 3.63) is 6.33 Å². The van der Waals surface area contributed by atoms with Gasteiger partial charge in [-0.1, -0.05) is 25.6 Å². The number of ether oxygens (including phenoxy) is 1. The number of carbonyl (C=O) groups is 2. The first-order valence-electron chi connectivity index (χ1n) is 6.47. The Bertz CT molecular complexity index is 478. The number of carboxylic acids is 1. The van der Waals surface area contributed by atoms with Gasteiger partial charge < -0.3 is 19.7 Å². The molecule has 0 unspecified atom stereocenters. The molecule has 2 N–H and O–H groups in total. The zero-order valence-electron chi connectivity index (χ0n) is 12.3. The molecule has 1 atom stereocenters. The van der Waals surface area contributed by atoms with Gasteiger partial charge in [0.05, 0.1) is 12.4 Å². The minimum atomic E-state index is -1.04. The molecular weight excluding hydrogens is 296 g/mol. The van der Waals surface area contributed by atoms with Crippen molar-refractivity contribution in [3.63, 3.8) is 0 Å². The van der Waals surface area contributed by atoms with Crippen LogP contribution in [0.4, 0.5) is 0 Å². The number of aromatic nitrogens is 3. The molecule has 9 heteroatoms. The Labute approximate surface area is 127 Å². The second kappa shape index (κ2) is 8.63. The summed E-state index contributed by atoms with van der Waals surface area (Å²) in [6, 6.07) is -0.885. The molecule has 0 aliphatic heterocycles. The molecule has 0 radical (unpaired) electrons. The van der Waals surface area contributed by atoms with E-state index in [1.165, 1.54) is 11.8 Å². The van der Waals surface area contributed by atoms with Crippen LogP contribution in [-0.2, 0) is 20.9 Å². The number of carboxylic acid groups (broad SMARTS) is 1. The van der Waals surface area contributed by atoms with Crippen LogP contribution in [0.1, 0.15) is 13.8 Å². The summed E-state index contributed by atoms with van der Waals surface area (Å²) in [4.78, 5) is 22.8. The second-order valence-corrected chi connectivity index (χ2v) is 5.66. The van der Waals surface area contributed by atoms with Crippen LogP contribution < -0.4 is 5.32 Å². The summed E-state index contributed by atoms with van der Waals surface area (Å²) in [7, 11) is 1.60. The van der Waals surface area contributed by atoms with E-state index < -0.39 is 12.0 Å². The van der Waals surface area contributed by atoms with Crippen LogP contribution in [0.25, 0.3) is 0 Å². The molecule has 0 bridgehead atoms. The van der Waals surface area contributed by atoms with Gasteiger partial charge in [0.25, 0.3) is 0 Å². The van der Waals surface area contributed by atoms with Gasteiger partial charge in [0, 0.05) is 13.7 Å². The Kier molecular flexibility index (Phi) is 7.17. The topological polar surface area (TPSA) is 106 Å². The summed E-state index contributed by atoms with van der Waals surface area (Å²) in [5, 5.41) is 19.8. The van der Waals surface area contributed by atoms with Gasteiger partial charge in [0.1, 0.15) is 12.4 Å². The summed E-state index contributed by atoms with van der Waals surface area (Å²) in [5.41, 5.74) is 0. The fraction of sp³-hybridized carbons (Fsp3) is 0.667. The van der Waals surface area contributed by atoms with Crippen molar-refractivity contribution >= 4 is 23.6 Å². The molecule has 0 aliphatic rings. The zero-order valence-corrected chi connectivity index (χ0v) is 13.1. The molecule has 0 aliphatic carbocycles. The van der Waals surface area contributed by atoms with E-state index >= 15 is 0 Å². The highest BCUT2D eigenvalue weighted by atomic mass is 32.2. The van der Waals surface area contributed by atoms with Crippen molar-refractivity contribution in [3.8, 4) is 0 Å². The van der Waals surface area contributed by atoms with Crippen LogP contribution in [0.2, 0.25) is 0 Å². The molecular formula is C12H20N4O4S. The number of hydrogen-bond donors (Lipinski definition) is 2. The first-order valence-corrected chi connectivity index (χ1v) is 7.46. The molecule has 0 saturated heterocycles. The van der Waals surface area contributed by atoms with Crippen molar-refractivity contribution in [2.24, 2.45) is 5.92 Å². The molecule has 21 heavy (non-hydrogen) atoms. The number of hydrogen-bond acceptors (Lipinski definition) is 6. The van der Waals surface area contributed by atoms with Gasteiger partial charge >= 0.3 is 5.97 Å². The van der Waals surface area contributed by atoms with Gasteiger partial charge in [0.2, 0.25) is 5.91 Å². The number of amides is 1. The first kappa shape index (κ1) is 17.4. The van der Waals surface area contributed by atoms with Crippen LogP contribution in [0.5, 0.6) is 0 Å². The predicted molar refractivity (Wildman–Crippen MR) is 77.0 cm³/mol. The minimum Gasteiger partial charge on any atom is -0.480 e. The number of nitrogens with one attached hydrogen (secondary N) is 1. The molecule has 0 saturated carbocycles. The maximum absolute atomic E-state index is 11.8. The van der Waals surface area contributed by atoms with Crippen LogP contribution in [0, 0.1) is 5.92 Å². The molecule has 0 aromatic carbocycles. The van der Waals surface area contributed by atoms with Gasteiger partial charge in [0.15, 0.2) is 5.16 Å². The van der Waals surface area contributed by atoms with Gasteiger partial charge in [-0.15, -0.1) is 10.2 Å². The molecule has 1 amide bonds. The van der Waals surface area contributed by atoms with E-state index in [2.05, 4.69) is 15.5 Å². The molecule has 8 nitrogen and oxygen atoms in total. The number of methoxy groups -OCH3 is 1. The third-order valence-corrected chi connectivity index (χ3v) is 3.68. The molecule has 1 rings (SSSR count). The third-order valence-electron chi connectivity index (χ3n) is 2.70. The Morgan fingerprint density at radius 1 is 1.52 bits per heavy atom. The van der Waals surface area contributed by atoms with Crippen LogP contribution in [-0.4, -0.2) is 57.3 Å². The van der Waals surface area contributed by atoms with Crippen molar-refractivity contribution in [1.82, 2.24) is 20.1 Å². The van der Waals surface area contributed by atoms with E-state index in [1.54, 1.807) is 31.9 Å². The molecule has 1 aromatic heterocycles. The molecule has 1 heterocycles. The molecule has 0 fully saturated rings. The summed E-state index contributed by atoms with van der Waals surface area (Å²) >= 11 is 1.21. The Hall–Kier alpha value is -1.61. The summed E-state index contributed by atoms with van der Waals surface area (Å²) < 4.78 is 6.75. The number of rotatable bonds is 9. The largest absolute Gasteiger partial charge is 0.480 e. The lowest BCUT2D eigenvalue weighted by Gasteiger charge is -2.17. The van der Waals surface area contributed by atoms with E-state index in [9.17, 15) is 9.59 Å². The quantitative estimate of drug-likeness (QED) is 0.629. The lowest BCUT2D eigenvalue weighted by Crippen LogP contribution is -2.45. The second-order valence-electron chi connectivity index (χ2n) is 4.72. The smallest absolute Gasteiger partial charge is 0.326 e. The summed E-state index contributed by atoms with van der Waals surface area (Å²) in [5.74, 6) is -1.47. The maximum atomic E-state index is 11.8. The number of thioether (sulfide) groups is 1. The van der Waals surface area contributed by atoms with Gasteiger partial charge in [-0.2, -0.15) is 0 Å². The van der Waals surface area contributed by atoms with E-state index in [4.69, 9.17) is 9.84 Å². The lowest BCUT2D eigenvalue weighted by atomic mass is 10.1. The zero-order chi connectivity index (χ0) is 15.8. The number of aliphatic carboxylic acids is 1. The Balaban J connectivity index is 2.49. The average Bonchev–Trinajstić information content (AvgIpc) is 2.86. The van der Waals surface area contributed by atoms with E-state index in [-0.39, 0.29) is 17.6 Å².